The van der Waals surface area contributed by atoms with E-state index in [9.17, 15) is 14.4 Å². The summed E-state index contributed by atoms with van der Waals surface area (Å²) >= 11 is 0. The van der Waals surface area contributed by atoms with Crippen molar-refractivity contribution in [2.45, 2.75) is 33.1 Å². The molecular formula is C22H26N4O3. The zero-order valence-corrected chi connectivity index (χ0v) is 16.7. The van der Waals surface area contributed by atoms with Crippen molar-refractivity contribution in [3.05, 3.63) is 59.2 Å². The van der Waals surface area contributed by atoms with E-state index in [0.717, 1.165) is 41.0 Å². The zero-order valence-electron chi connectivity index (χ0n) is 16.7. The minimum absolute atomic E-state index is 0.0583. The Morgan fingerprint density at radius 3 is 2.38 bits per heavy atom. The lowest BCUT2D eigenvalue weighted by molar-refractivity contribution is -0.127. The quantitative estimate of drug-likeness (QED) is 0.656. The molecule has 3 N–H and O–H groups in total. The molecule has 0 aromatic heterocycles. The van der Waals surface area contributed by atoms with E-state index in [1.54, 1.807) is 4.90 Å². The maximum Gasteiger partial charge on any atom is 0.257 e. The summed E-state index contributed by atoms with van der Waals surface area (Å²) in [5.74, 6) is -0.510. The van der Waals surface area contributed by atoms with Gasteiger partial charge in [0.05, 0.1) is 13.0 Å². The molecule has 0 atom stereocenters. The van der Waals surface area contributed by atoms with Crippen molar-refractivity contribution < 1.29 is 14.4 Å². The van der Waals surface area contributed by atoms with Crippen LogP contribution in [0.4, 0.5) is 11.4 Å². The Balaban J connectivity index is 1.42. The topological polar surface area (TPSA) is 90.5 Å². The number of carbonyl (C=O) groups is 3. The largest absolute Gasteiger partial charge is 0.376 e. The second-order valence-electron chi connectivity index (χ2n) is 7.26. The van der Waals surface area contributed by atoms with Gasteiger partial charge in [-0.1, -0.05) is 29.8 Å². The fourth-order valence-electron chi connectivity index (χ4n) is 3.32. The maximum absolute atomic E-state index is 12.1. The van der Waals surface area contributed by atoms with Crippen molar-refractivity contribution in [3.63, 3.8) is 0 Å². The monoisotopic (exact) mass is 394 g/mol. The molecule has 0 aliphatic carbocycles. The van der Waals surface area contributed by atoms with E-state index in [2.05, 4.69) is 16.2 Å². The molecule has 0 bridgehead atoms. The number of benzene rings is 2. The van der Waals surface area contributed by atoms with Gasteiger partial charge in [0.2, 0.25) is 11.8 Å². The summed E-state index contributed by atoms with van der Waals surface area (Å²) in [5, 5.41) is 3.05. The lowest BCUT2D eigenvalue weighted by atomic mass is 10.1. The number of carbonyl (C=O) groups excluding carboxylic acids is 3. The highest BCUT2D eigenvalue weighted by Gasteiger charge is 2.21. The van der Waals surface area contributed by atoms with Crippen molar-refractivity contribution in [1.82, 2.24) is 10.9 Å². The summed E-state index contributed by atoms with van der Waals surface area (Å²) in [6.45, 7) is 4.78. The number of hydrogen-bond acceptors (Lipinski definition) is 4. The predicted molar refractivity (Wildman–Crippen MR) is 112 cm³/mol. The van der Waals surface area contributed by atoms with Crippen LogP contribution in [0, 0.1) is 13.8 Å². The predicted octanol–water partition coefficient (Wildman–Crippen LogP) is 2.23. The summed E-state index contributed by atoms with van der Waals surface area (Å²) in [7, 11) is 0. The van der Waals surface area contributed by atoms with E-state index >= 15 is 0 Å². The smallest absolute Gasteiger partial charge is 0.257 e. The molecule has 1 heterocycles. The number of hydrazine groups is 1. The average Bonchev–Trinajstić information content (AvgIpc) is 3.12. The van der Waals surface area contributed by atoms with Crippen molar-refractivity contribution >= 4 is 29.1 Å². The fraction of sp³-hybridized carbons (Fsp3) is 0.318. The van der Waals surface area contributed by atoms with Gasteiger partial charge in [-0.25, -0.2) is 0 Å². The van der Waals surface area contributed by atoms with Gasteiger partial charge in [0.25, 0.3) is 5.91 Å². The van der Waals surface area contributed by atoms with E-state index in [4.69, 9.17) is 0 Å². The summed E-state index contributed by atoms with van der Waals surface area (Å²) in [6.07, 6.45) is 1.60. The minimum Gasteiger partial charge on any atom is -0.376 e. The van der Waals surface area contributed by atoms with Crippen LogP contribution in [0.15, 0.2) is 42.5 Å². The summed E-state index contributed by atoms with van der Waals surface area (Å²) in [5.41, 5.74) is 9.59. The first kappa shape index (κ1) is 20.4. The number of hydrogen-bond donors (Lipinski definition) is 3. The van der Waals surface area contributed by atoms with Gasteiger partial charge in [-0.2, -0.15) is 0 Å². The summed E-state index contributed by atoms with van der Waals surface area (Å²) in [6, 6.07) is 13.3. The molecule has 2 aromatic carbocycles. The molecule has 0 saturated carbocycles. The van der Waals surface area contributed by atoms with Gasteiger partial charge in [-0.15, -0.1) is 0 Å². The molecule has 3 rings (SSSR count). The van der Waals surface area contributed by atoms with Crippen molar-refractivity contribution in [3.8, 4) is 0 Å². The van der Waals surface area contributed by atoms with E-state index in [1.807, 2.05) is 56.3 Å². The van der Waals surface area contributed by atoms with Gasteiger partial charge in [-0.3, -0.25) is 25.2 Å². The highest BCUT2D eigenvalue weighted by Crippen LogP contribution is 2.21. The molecule has 0 spiro atoms. The molecule has 7 nitrogen and oxygen atoms in total. The van der Waals surface area contributed by atoms with Gasteiger partial charge >= 0.3 is 0 Å². The summed E-state index contributed by atoms with van der Waals surface area (Å²) in [4.78, 5) is 37.6. The Labute approximate surface area is 170 Å². The Hall–Kier alpha value is -3.35. The number of rotatable bonds is 6. The SMILES string of the molecule is Cc1ccc(NCC(=O)NNC(=O)Cc2ccc(N3CCCC3=O)cc2)c(C)c1. The van der Waals surface area contributed by atoms with Gasteiger partial charge in [0.1, 0.15) is 0 Å². The van der Waals surface area contributed by atoms with E-state index < -0.39 is 0 Å². The second-order valence-corrected chi connectivity index (χ2v) is 7.26. The highest BCUT2D eigenvalue weighted by atomic mass is 16.2. The number of aryl methyl sites for hydroxylation is 2. The number of anilines is 2. The number of nitrogens with zero attached hydrogens (tertiary/aromatic N) is 1. The second kappa shape index (κ2) is 9.23. The molecule has 0 radical (unpaired) electrons. The molecule has 1 saturated heterocycles. The van der Waals surface area contributed by atoms with Crippen molar-refractivity contribution in [2.75, 3.05) is 23.3 Å². The zero-order chi connectivity index (χ0) is 20.8. The number of amides is 3. The molecule has 2 aromatic rings. The first-order chi connectivity index (χ1) is 13.9. The van der Waals surface area contributed by atoms with Gasteiger partial charge < -0.3 is 10.2 Å². The summed E-state index contributed by atoms with van der Waals surface area (Å²) < 4.78 is 0. The van der Waals surface area contributed by atoms with Crippen LogP contribution in [0.1, 0.15) is 29.5 Å². The van der Waals surface area contributed by atoms with Gasteiger partial charge in [-0.05, 0) is 49.6 Å². The molecule has 152 valence electrons. The van der Waals surface area contributed by atoms with Crippen molar-refractivity contribution in [2.24, 2.45) is 0 Å². The molecule has 3 amide bonds. The minimum atomic E-state index is -0.332. The first-order valence-electron chi connectivity index (χ1n) is 9.70. The van der Waals surface area contributed by atoms with Gasteiger partial charge in [0, 0.05) is 24.3 Å². The molecular weight excluding hydrogens is 368 g/mol. The fourth-order valence-corrected chi connectivity index (χ4v) is 3.32. The van der Waals surface area contributed by atoms with Crippen LogP contribution in [-0.2, 0) is 20.8 Å². The van der Waals surface area contributed by atoms with Crippen LogP contribution in [0.5, 0.6) is 0 Å². The molecule has 1 fully saturated rings. The Kier molecular flexibility index (Phi) is 6.49. The van der Waals surface area contributed by atoms with Gasteiger partial charge in [0.15, 0.2) is 0 Å². The lowest BCUT2D eigenvalue weighted by Gasteiger charge is -2.16. The van der Waals surface area contributed by atoms with Crippen LogP contribution in [-0.4, -0.2) is 30.8 Å². The van der Waals surface area contributed by atoms with E-state index in [1.165, 1.54) is 0 Å². The third-order valence-electron chi connectivity index (χ3n) is 4.85. The van der Waals surface area contributed by atoms with Crippen LogP contribution in [0.25, 0.3) is 0 Å². The molecule has 0 unspecified atom stereocenters. The van der Waals surface area contributed by atoms with Crippen LogP contribution < -0.4 is 21.1 Å². The first-order valence-corrected chi connectivity index (χ1v) is 9.70. The third kappa shape index (κ3) is 5.57. The highest BCUT2D eigenvalue weighted by molar-refractivity contribution is 5.95. The lowest BCUT2D eigenvalue weighted by Crippen LogP contribution is -2.44. The van der Waals surface area contributed by atoms with Crippen molar-refractivity contribution in [1.29, 1.82) is 0 Å². The van der Waals surface area contributed by atoms with Crippen LogP contribution in [0.3, 0.4) is 0 Å². The standard InChI is InChI=1S/C22H26N4O3/c1-15-5-10-19(16(2)12-15)23-14-21(28)25-24-20(27)13-17-6-8-18(9-7-17)26-11-3-4-22(26)29/h5-10,12,23H,3-4,11,13-14H2,1-2H3,(H,24,27)(H,25,28). The molecule has 1 aliphatic heterocycles. The van der Waals surface area contributed by atoms with Crippen LogP contribution in [0.2, 0.25) is 0 Å². The molecule has 7 heteroatoms. The van der Waals surface area contributed by atoms with Crippen LogP contribution >= 0.6 is 0 Å². The molecule has 29 heavy (non-hydrogen) atoms. The number of nitrogens with one attached hydrogen (secondary N) is 3. The maximum atomic E-state index is 12.1. The Morgan fingerprint density at radius 1 is 1.00 bits per heavy atom. The third-order valence-corrected chi connectivity index (χ3v) is 4.85. The average molecular weight is 394 g/mol. The Bertz CT molecular complexity index is 909. The van der Waals surface area contributed by atoms with E-state index in [-0.39, 0.29) is 30.7 Å². The Morgan fingerprint density at radius 2 is 1.72 bits per heavy atom. The van der Waals surface area contributed by atoms with E-state index in [0.29, 0.717) is 6.42 Å². The molecule has 1 aliphatic rings. The normalized spacial score (nSPS) is 13.3.